The standard InChI is InChI=1S/C53H82O6/c1-4-7-10-13-15-17-19-21-23-25-26-28-29-31-33-35-37-40-43-46-52(55)58-49-50(48-57-51(54)45-42-39-12-9-6-3)59-53(56)47-44-41-38-36-34-32-30-27-24-22-20-18-16-14-11-8-5-2/h7-8,10-11,15-18,21-24,26,28,30-33,37,40,50H,4-6,9,12-14,19-20,25,27,29,34-36,38-39,41-49H2,1-3H3/b10-7-,11-8-,17-15-,18-16-,23-21-,24-22-,28-26-,32-30-,33-31-,40-37-. The Balaban J connectivity index is 4.42. The zero-order valence-electron chi connectivity index (χ0n) is 37.5. The third kappa shape index (κ3) is 44.8. The lowest BCUT2D eigenvalue weighted by molar-refractivity contribution is -0.166. The molecule has 6 nitrogen and oxygen atoms in total. The summed E-state index contributed by atoms with van der Waals surface area (Å²) in [5, 5.41) is 0. The summed E-state index contributed by atoms with van der Waals surface area (Å²) >= 11 is 0. The molecule has 0 amide bonds. The molecule has 0 saturated carbocycles. The highest BCUT2D eigenvalue weighted by Crippen LogP contribution is 2.11. The normalized spacial score (nSPS) is 13.2. The number of hydrogen-bond donors (Lipinski definition) is 0. The highest BCUT2D eigenvalue weighted by Gasteiger charge is 2.19. The van der Waals surface area contributed by atoms with Gasteiger partial charge < -0.3 is 14.2 Å². The van der Waals surface area contributed by atoms with Crippen LogP contribution in [0.1, 0.15) is 175 Å². The average molecular weight is 815 g/mol. The third-order valence-electron chi connectivity index (χ3n) is 8.98. The Labute approximate surface area is 361 Å². The van der Waals surface area contributed by atoms with Crippen LogP contribution < -0.4 is 0 Å². The number of esters is 3. The fourth-order valence-corrected chi connectivity index (χ4v) is 5.57. The van der Waals surface area contributed by atoms with E-state index in [1.54, 1.807) is 0 Å². The zero-order chi connectivity index (χ0) is 43.0. The van der Waals surface area contributed by atoms with Gasteiger partial charge in [-0.25, -0.2) is 0 Å². The number of allylic oxidation sites excluding steroid dienone is 20. The Hall–Kier alpha value is -4.19. The smallest absolute Gasteiger partial charge is 0.306 e. The zero-order valence-corrected chi connectivity index (χ0v) is 37.5. The minimum atomic E-state index is -0.820. The van der Waals surface area contributed by atoms with E-state index in [0.717, 1.165) is 128 Å². The molecule has 0 aromatic rings. The van der Waals surface area contributed by atoms with E-state index in [0.29, 0.717) is 12.8 Å². The van der Waals surface area contributed by atoms with E-state index in [-0.39, 0.29) is 44.0 Å². The van der Waals surface area contributed by atoms with Gasteiger partial charge in [-0.2, -0.15) is 0 Å². The van der Waals surface area contributed by atoms with Gasteiger partial charge in [-0.1, -0.05) is 181 Å². The predicted octanol–water partition coefficient (Wildman–Crippen LogP) is 15.0. The van der Waals surface area contributed by atoms with Gasteiger partial charge >= 0.3 is 17.9 Å². The van der Waals surface area contributed by atoms with Crippen LogP contribution in [0, 0.1) is 0 Å². The van der Waals surface area contributed by atoms with Crippen LogP contribution in [0.5, 0.6) is 0 Å². The molecular formula is C53H82O6. The first-order chi connectivity index (χ1) is 29.0. The van der Waals surface area contributed by atoms with Gasteiger partial charge in [0, 0.05) is 19.3 Å². The number of carbonyl (C=O) groups excluding carboxylic acids is 3. The largest absolute Gasteiger partial charge is 0.462 e. The number of carbonyl (C=O) groups is 3. The molecular weight excluding hydrogens is 733 g/mol. The van der Waals surface area contributed by atoms with Gasteiger partial charge in [-0.05, 0) is 96.3 Å². The van der Waals surface area contributed by atoms with Crippen molar-refractivity contribution in [3.05, 3.63) is 122 Å². The molecule has 0 radical (unpaired) electrons. The molecule has 6 heteroatoms. The van der Waals surface area contributed by atoms with Crippen LogP contribution in [0.4, 0.5) is 0 Å². The SMILES string of the molecule is CC/C=C\C/C=C\C/C=C\C/C=C\C/C=C\C/C=C\CCC(=O)OCC(COC(=O)CCCCCCC)OC(=O)CCCCCC/C=C\C/C=C\C/C=C\C/C=C\CC. The van der Waals surface area contributed by atoms with Gasteiger partial charge in [-0.15, -0.1) is 0 Å². The molecule has 1 atom stereocenters. The first kappa shape index (κ1) is 54.8. The topological polar surface area (TPSA) is 78.9 Å². The summed E-state index contributed by atoms with van der Waals surface area (Å²) in [6.07, 6.45) is 63.7. The summed E-state index contributed by atoms with van der Waals surface area (Å²) in [6.45, 7) is 6.20. The second kappa shape index (κ2) is 46.5. The fourth-order valence-electron chi connectivity index (χ4n) is 5.57. The molecule has 0 rings (SSSR count). The highest BCUT2D eigenvalue weighted by molar-refractivity contribution is 5.71. The van der Waals surface area contributed by atoms with Crippen molar-refractivity contribution in [3.8, 4) is 0 Å². The molecule has 0 aliphatic carbocycles. The molecule has 330 valence electrons. The Morgan fingerprint density at radius 3 is 1.12 bits per heavy atom. The maximum Gasteiger partial charge on any atom is 0.306 e. The molecule has 0 aliphatic rings. The Bertz CT molecular complexity index is 1300. The number of hydrogen-bond acceptors (Lipinski definition) is 6. The van der Waals surface area contributed by atoms with Gasteiger partial charge in [0.1, 0.15) is 13.2 Å². The third-order valence-corrected chi connectivity index (χ3v) is 8.98. The molecule has 59 heavy (non-hydrogen) atoms. The van der Waals surface area contributed by atoms with Crippen molar-refractivity contribution in [2.24, 2.45) is 0 Å². The molecule has 0 bridgehead atoms. The van der Waals surface area contributed by atoms with E-state index >= 15 is 0 Å². The van der Waals surface area contributed by atoms with Crippen LogP contribution in [0.15, 0.2) is 122 Å². The minimum Gasteiger partial charge on any atom is -0.462 e. The lowest BCUT2D eigenvalue weighted by Gasteiger charge is -2.18. The lowest BCUT2D eigenvalue weighted by atomic mass is 10.1. The second-order valence-corrected chi connectivity index (χ2v) is 14.5. The molecule has 0 N–H and O–H groups in total. The van der Waals surface area contributed by atoms with Crippen molar-refractivity contribution in [1.82, 2.24) is 0 Å². The van der Waals surface area contributed by atoms with E-state index in [9.17, 15) is 14.4 Å². The van der Waals surface area contributed by atoms with Crippen molar-refractivity contribution in [2.75, 3.05) is 13.2 Å². The molecule has 0 fully saturated rings. The molecule has 0 heterocycles. The van der Waals surface area contributed by atoms with E-state index in [1.807, 2.05) is 12.2 Å². The highest BCUT2D eigenvalue weighted by atomic mass is 16.6. The molecule has 1 unspecified atom stereocenters. The second-order valence-electron chi connectivity index (χ2n) is 14.5. The quantitative estimate of drug-likeness (QED) is 0.0266. The Morgan fingerprint density at radius 1 is 0.356 bits per heavy atom. The van der Waals surface area contributed by atoms with E-state index in [1.165, 1.54) is 0 Å². The van der Waals surface area contributed by atoms with E-state index in [4.69, 9.17) is 14.2 Å². The summed E-state index contributed by atoms with van der Waals surface area (Å²) in [6, 6.07) is 0. The first-order valence-electron chi connectivity index (χ1n) is 23.0. The Morgan fingerprint density at radius 2 is 0.695 bits per heavy atom. The molecule has 0 saturated heterocycles. The van der Waals surface area contributed by atoms with E-state index < -0.39 is 6.10 Å². The summed E-state index contributed by atoms with van der Waals surface area (Å²) in [5.74, 6) is -1.06. The van der Waals surface area contributed by atoms with Crippen LogP contribution in [-0.4, -0.2) is 37.2 Å². The monoisotopic (exact) mass is 815 g/mol. The fraction of sp³-hybridized carbons (Fsp3) is 0.566. The maximum absolute atomic E-state index is 12.7. The number of ether oxygens (including phenoxy) is 3. The van der Waals surface area contributed by atoms with Gasteiger partial charge in [0.15, 0.2) is 6.10 Å². The number of unbranched alkanes of at least 4 members (excludes halogenated alkanes) is 8. The van der Waals surface area contributed by atoms with Gasteiger partial charge in [0.2, 0.25) is 0 Å². The Kier molecular flexibility index (Phi) is 43.2. The van der Waals surface area contributed by atoms with Gasteiger partial charge in [0.25, 0.3) is 0 Å². The first-order valence-corrected chi connectivity index (χ1v) is 23.0. The molecule has 0 spiro atoms. The van der Waals surface area contributed by atoms with Crippen LogP contribution in [0.3, 0.4) is 0 Å². The van der Waals surface area contributed by atoms with Crippen molar-refractivity contribution in [3.63, 3.8) is 0 Å². The van der Waals surface area contributed by atoms with Crippen molar-refractivity contribution >= 4 is 17.9 Å². The predicted molar refractivity (Wildman–Crippen MR) is 251 cm³/mol. The molecule has 0 aromatic heterocycles. The van der Waals surface area contributed by atoms with Crippen LogP contribution in [0.2, 0.25) is 0 Å². The van der Waals surface area contributed by atoms with Crippen LogP contribution in [-0.2, 0) is 28.6 Å². The maximum atomic E-state index is 12.7. The summed E-state index contributed by atoms with van der Waals surface area (Å²) in [4.78, 5) is 37.5. The summed E-state index contributed by atoms with van der Waals surface area (Å²) < 4.78 is 16.5. The summed E-state index contributed by atoms with van der Waals surface area (Å²) in [7, 11) is 0. The van der Waals surface area contributed by atoms with Gasteiger partial charge in [0.05, 0.1) is 0 Å². The molecule has 0 aromatic carbocycles. The van der Waals surface area contributed by atoms with Crippen LogP contribution in [0.25, 0.3) is 0 Å². The van der Waals surface area contributed by atoms with Crippen LogP contribution >= 0.6 is 0 Å². The average Bonchev–Trinajstić information content (AvgIpc) is 3.23. The van der Waals surface area contributed by atoms with Crippen molar-refractivity contribution in [2.45, 2.75) is 181 Å². The lowest BCUT2D eigenvalue weighted by Crippen LogP contribution is -2.30. The summed E-state index contributed by atoms with van der Waals surface area (Å²) in [5.41, 5.74) is 0. The van der Waals surface area contributed by atoms with Crippen molar-refractivity contribution < 1.29 is 28.6 Å². The van der Waals surface area contributed by atoms with Crippen molar-refractivity contribution in [1.29, 1.82) is 0 Å². The minimum absolute atomic E-state index is 0.116. The molecule has 0 aliphatic heterocycles. The van der Waals surface area contributed by atoms with E-state index in [2.05, 4.69) is 130 Å². The van der Waals surface area contributed by atoms with Gasteiger partial charge in [-0.3, -0.25) is 14.4 Å². The number of rotatable bonds is 39.